The Balaban J connectivity index is 2.25. The molecule has 19 heavy (non-hydrogen) atoms. The lowest BCUT2D eigenvalue weighted by atomic mass is 10.2. The Morgan fingerprint density at radius 1 is 1.11 bits per heavy atom. The van der Waals surface area contributed by atoms with E-state index in [9.17, 15) is 0 Å². The first-order valence-electron chi connectivity index (χ1n) is 6.06. The standard InChI is InChI=1S/C16H16N2O/c17-16(14-8-2-1-3-9-14)18-15-10-4-6-13(12-15)7-5-11-19/h1-10,12,19H,11H2,(H2,17,18)/b7-5+. The third kappa shape index (κ3) is 3.79. The van der Waals surface area contributed by atoms with Gasteiger partial charge in [0.2, 0.25) is 0 Å². The summed E-state index contributed by atoms with van der Waals surface area (Å²) in [6, 6.07) is 17.3. The van der Waals surface area contributed by atoms with E-state index in [0.29, 0.717) is 5.84 Å². The zero-order chi connectivity index (χ0) is 13.5. The van der Waals surface area contributed by atoms with Crippen LogP contribution in [0.15, 0.2) is 65.7 Å². The maximum atomic E-state index is 8.76. The highest BCUT2D eigenvalue weighted by Crippen LogP contribution is 2.16. The summed E-state index contributed by atoms with van der Waals surface area (Å²) in [5, 5.41) is 8.76. The minimum absolute atomic E-state index is 0.0274. The lowest BCUT2D eigenvalue weighted by Crippen LogP contribution is -2.12. The van der Waals surface area contributed by atoms with E-state index in [1.54, 1.807) is 6.08 Å². The minimum atomic E-state index is 0.0274. The summed E-state index contributed by atoms with van der Waals surface area (Å²) in [5.74, 6) is 0.490. The van der Waals surface area contributed by atoms with Crippen LogP contribution < -0.4 is 5.73 Å². The second-order valence-corrected chi connectivity index (χ2v) is 4.04. The van der Waals surface area contributed by atoms with Crippen LogP contribution in [0.3, 0.4) is 0 Å². The number of aliphatic hydroxyl groups excluding tert-OH is 1. The molecular formula is C16H16N2O. The van der Waals surface area contributed by atoms with Gasteiger partial charge in [0.1, 0.15) is 5.84 Å². The summed E-state index contributed by atoms with van der Waals surface area (Å²) < 4.78 is 0. The summed E-state index contributed by atoms with van der Waals surface area (Å²) in [6.07, 6.45) is 3.53. The third-order valence-corrected chi connectivity index (χ3v) is 2.61. The molecule has 0 unspecified atom stereocenters. The molecule has 0 aliphatic carbocycles. The third-order valence-electron chi connectivity index (χ3n) is 2.61. The van der Waals surface area contributed by atoms with Crippen molar-refractivity contribution < 1.29 is 5.11 Å². The number of amidine groups is 1. The normalized spacial score (nSPS) is 11.9. The van der Waals surface area contributed by atoms with Crippen molar-refractivity contribution in [2.24, 2.45) is 10.7 Å². The van der Waals surface area contributed by atoms with Gasteiger partial charge in [0.15, 0.2) is 0 Å². The zero-order valence-corrected chi connectivity index (χ0v) is 10.5. The van der Waals surface area contributed by atoms with Crippen LogP contribution >= 0.6 is 0 Å². The highest BCUT2D eigenvalue weighted by molar-refractivity contribution is 5.99. The smallest absolute Gasteiger partial charge is 0.131 e. The quantitative estimate of drug-likeness (QED) is 0.649. The van der Waals surface area contributed by atoms with Crippen LogP contribution in [-0.2, 0) is 0 Å². The van der Waals surface area contributed by atoms with Crippen molar-refractivity contribution in [3.63, 3.8) is 0 Å². The molecule has 0 aliphatic rings. The molecule has 0 atom stereocenters. The van der Waals surface area contributed by atoms with Gasteiger partial charge in [-0.3, -0.25) is 0 Å². The Bertz CT molecular complexity index is 589. The monoisotopic (exact) mass is 252 g/mol. The fraction of sp³-hybridized carbons (Fsp3) is 0.0625. The molecule has 0 fully saturated rings. The fourth-order valence-electron chi connectivity index (χ4n) is 1.70. The van der Waals surface area contributed by atoms with E-state index in [4.69, 9.17) is 10.8 Å². The lowest BCUT2D eigenvalue weighted by Gasteiger charge is -2.01. The van der Waals surface area contributed by atoms with Gasteiger partial charge in [-0.1, -0.05) is 54.6 Å². The van der Waals surface area contributed by atoms with E-state index in [1.165, 1.54) is 0 Å². The van der Waals surface area contributed by atoms with E-state index < -0.39 is 0 Å². The summed E-state index contributed by atoms with van der Waals surface area (Å²) >= 11 is 0. The molecule has 2 aromatic rings. The molecule has 0 aromatic heterocycles. The molecule has 96 valence electrons. The second kappa shape index (κ2) is 6.52. The van der Waals surface area contributed by atoms with Gasteiger partial charge in [-0.25, -0.2) is 4.99 Å². The predicted molar refractivity (Wildman–Crippen MR) is 79.4 cm³/mol. The van der Waals surface area contributed by atoms with Gasteiger partial charge in [-0.15, -0.1) is 0 Å². The molecule has 2 rings (SSSR count). The van der Waals surface area contributed by atoms with Crippen LogP contribution in [0.4, 0.5) is 5.69 Å². The van der Waals surface area contributed by atoms with Gasteiger partial charge in [0.05, 0.1) is 12.3 Å². The topological polar surface area (TPSA) is 58.6 Å². The Morgan fingerprint density at radius 3 is 2.63 bits per heavy atom. The first-order chi connectivity index (χ1) is 9.29. The number of benzene rings is 2. The molecule has 0 spiro atoms. The van der Waals surface area contributed by atoms with Crippen LogP contribution in [0.25, 0.3) is 6.08 Å². The highest BCUT2D eigenvalue weighted by atomic mass is 16.2. The van der Waals surface area contributed by atoms with Gasteiger partial charge >= 0.3 is 0 Å². The van der Waals surface area contributed by atoms with Crippen molar-refractivity contribution in [2.45, 2.75) is 0 Å². The van der Waals surface area contributed by atoms with Gasteiger partial charge in [-0.2, -0.15) is 0 Å². The molecular weight excluding hydrogens is 236 g/mol. The van der Waals surface area contributed by atoms with Crippen molar-refractivity contribution in [2.75, 3.05) is 6.61 Å². The van der Waals surface area contributed by atoms with Crippen LogP contribution in [0.1, 0.15) is 11.1 Å². The Kier molecular flexibility index (Phi) is 4.48. The molecule has 3 heteroatoms. The molecule has 0 saturated heterocycles. The number of nitrogens with two attached hydrogens (primary N) is 1. The number of hydrogen-bond acceptors (Lipinski definition) is 2. The van der Waals surface area contributed by atoms with Gasteiger partial charge < -0.3 is 10.8 Å². The lowest BCUT2D eigenvalue weighted by molar-refractivity contribution is 0.343. The van der Waals surface area contributed by atoms with Crippen LogP contribution in [0.5, 0.6) is 0 Å². The maximum absolute atomic E-state index is 8.76. The Labute approximate surface area is 112 Å². The number of nitrogens with zero attached hydrogens (tertiary/aromatic N) is 1. The largest absolute Gasteiger partial charge is 0.392 e. The molecule has 0 aliphatic heterocycles. The van der Waals surface area contributed by atoms with Crippen molar-refractivity contribution in [1.29, 1.82) is 0 Å². The van der Waals surface area contributed by atoms with E-state index in [-0.39, 0.29) is 6.61 Å². The molecule has 2 aromatic carbocycles. The SMILES string of the molecule is NC(=Nc1cccc(/C=C/CO)c1)c1ccccc1. The van der Waals surface area contributed by atoms with Gasteiger partial charge in [0.25, 0.3) is 0 Å². The first-order valence-corrected chi connectivity index (χ1v) is 6.06. The highest BCUT2D eigenvalue weighted by Gasteiger charge is 1.97. The van der Waals surface area contributed by atoms with Crippen LogP contribution in [0.2, 0.25) is 0 Å². The van der Waals surface area contributed by atoms with Crippen LogP contribution in [0, 0.1) is 0 Å². The molecule has 0 saturated carbocycles. The summed E-state index contributed by atoms with van der Waals surface area (Å²) in [4.78, 5) is 4.40. The van der Waals surface area contributed by atoms with Crippen molar-refractivity contribution >= 4 is 17.6 Å². The average Bonchev–Trinajstić information content (AvgIpc) is 2.46. The fourth-order valence-corrected chi connectivity index (χ4v) is 1.70. The van der Waals surface area contributed by atoms with Crippen molar-refractivity contribution in [1.82, 2.24) is 0 Å². The van der Waals surface area contributed by atoms with Gasteiger partial charge in [-0.05, 0) is 17.7 Å². The number of hydrogen-bond donors (Lipinski definition) is 2. The summed E-state index contributed by atoms with van der Waals surface area (Å²) in [5.41, 5.74) is 8.65. The molecule has 0 bridgehead atoms. The van der Waals surface area contributed by atoms with Crippen molar-refractivity contribution in [3.05, 3.63) is 71.8 Å². The minimum Gasteiger partial charge on any atom is -0.392 e. The molecule has 3 nitrogen and oxygen atoms in total. The second-order valence-electron chi connectivity index (χ2n) is 4.04. The Morgan fingerprint density at radius 2 is 1.89 bits per heavy atom. The van der Waals surface area contributed by atoms with E-state index in [1.807, 2.05) is 60.7 Å². The molecule has 0 heterocycles. The van der Waals surface area contributed by atoms with Gasteiger partial charge in [0, 0.05) is 5.56 Å². The molecule has 0 radical (unpaired) electrons. The number of aliphatic hydroxyl groups is 1. The van der Waals surface area contributed by atoms with E-state index in [2.05, 4.69) is 4.99 Å². The molecule has 3 N–H and O–H groups in total. The number of aliphatic imine (C=N–C) groups is 1. The first kappa shape index (κ1) is 13.1. The van der Waals surface area contributed by atoms with Crippen molar-refractivity contribution in [3.8, 4) is 0 Å². The zero-order valence-electron chi connectivity index (χ0n) is 10.5. The number of rotatable bonds is 4. The summed E-state index contributed by atoms with van der Waals surface area (Å²) in [6.45, 7) is 0.0274. The van der Waals surface area contributed by atoms with Crippen LogP contribution in [-0.4, -0.2) is 17.5 Å². The van der Waals surface area contributed by atoms with E-state index >= 15 is 0 Å². The molecule has 0 amide bonds. The van der Waals surface area contributed by atoms with E-state index in [0.717, 1.165) is 16.8 Å². The summed E-state index contributed by atoms with van der Waals surface area (Å²) in [7, 11) is 0. The maximum Gasteiger partial charge on any atom is 0.131 e. The average molecular weight is 252 g/mol. The predicted octanol–water partition coefficient (Wildman–Crippen LogP) is 2.73. The Hall–Kier alpha value is -2.39.